The molecule has 6 atom stereocenters. The van der Waals surface area contributed by atoms with Crippen LogP contribution in [0, 0.1) is 5.92 Å². The Morgan fingerprint density at radius 3 is 1.43 bits per heavy atom. The third kappa shape index (κ3) is 24.5. The van der Waals surface area contributed by atoms with Crippen molar-refractivity contribution in [2.75, 3.05) is 0 Å². The van der Waals surface area contributed by atoms with E-state index in [2.05, 4.69) is 28.2 Å². The number of aliphatic hydroxyl groups excluding tert-OH is 1. The van der Waals surface area contributed by atoms with E-state index < -0.39 is 36.2 Å². The molecular weight excluding hydrogens is 608 g/mol. The molecule has 0 fully saturated rings. The number of carbonyl (C=O) groups is 8. The summed E-state index contributed by atoms with van der Waals surface area (Å²) in [6.07, 6.45) is 1.86. The molecule has 6 unspecified atom stereocenters. The van der Waals surface area contributed by atoms with E-state index in [0.717, 1.165) is 19.3 Å². The highest BCUT2D eigenvalue weighted by atomic mass is 16.3. The molecule has 0 aromatic heterocycles. The first-order valence-corrected chi connectivity index (χ1v) is 16.7. The highest BCUT2D eigenvalue weighted by Gasteiger charge is 2.26. The van der Waals surface area contributed by atoms with Crippen molar-refractivity contribution in [3.63, 3.8) is 0 Å². The Hall–Kier alpha value is -3.32. The van der Waals surface area contributed by atoms with Crippen LogP contribution < -0.4 is 21.3 Å². The van der Waals surface area contributed by atoms with Crippen LogP contribution >= 0.6 is 0 Å². The zero-order chi connectivity index (χ0) is 36.1. The van der Waals surface area contributed by atoms with Crippen LogP contribution in [0.4, 0.5) is 0 Å². The van der Waals surface area contributed by atoms with Crippen LogP contribution in [0.15, 0.2) is 0 Å². The molecule has 0 heterocycles. The lowest BCUT2D eigenvalue weighted by Gasteiger charge is -2.27. The number of hydrogen-bond acceptors (Lipinski definition) is 10. The fourth-order valence-corrected chi connectivity index (χ4v) is 5.61. The number of Topliss-reactive ketones (excluding diaryl/α,β-unsaturated/α-hetero) is 5. The average Bonchev–Trinajstić information content (AvgIpc) is 2.86. The standard InChI is InChI=1S/C34H58N4O9/c1-8-9-10-11-27(14-23(4)40)35-32(45)18-29(16-25(6)42)37-34(47)20-30(17-26(7)43)38-33(46)19-28(15-24(5)41)36-31(44)13-21(2)12-22(3)39/h21,27-30,34,37,47H,8-20H2,1-7H3,(H,35,45)(H,36,44)(H,38,46). The van der Waals surface area contributed by atoms with Crippen molar-refractivity contribution in [1.29, 1.82) is 0 Å². The third-order valence-corrected chi connectivity index (χ3v) is 7.36. The van der Waals surface area contributed by atoms with E-state index >= 15 is 0 Å². The minimum absolute atomic E-state index is 0.0477. The number of rotatable bonds is 27. The van der Waals surface area contributed by atoms with Crippen molar-refractivity contribution in [3.05, 3.63) is 0 Å². The normalized spacial score (nSPS) is 14.9. The molecule has 13 nitrogen and oxygen atoms in total. The summed E-state index contributed by atoms with van der Waals surface area (Å²) >= 11 is 0. The van der Waals surface area contributed by atoms with Gasteiger partial charge in [-0.15, -0.1) is 0 Å². The van der Waals surface area contributed by atoms with Gasteiger partial charge in [0.05, 0.1) is 0 Å². The highest BCUT2D eigenvalue weighted by molar-refractivity contribution is 5.84. The maximum absolute atomic E-state index is 13.0. The van der Waals surface area contributed by atoms with Gasteiger partial charge in [-0.1, -0.05) is 33.1 Å². The van der Waals surface area contributed by atoms with Crippen molar-refractivity contribution < 1.29 is 43.5 Å². The Balaban J connectivity index is 5.45. The molecule has 0 rings (SSSR count). The van der Waals surface area contributed by atoms with Crippen LogP contribution in [0.5, 0.6) is 0 Å². The van der Waals surface area contributed by atoms with Gasteiger partial charge in [-0.05, 0) is 47.0 Å². The van der Waals surface area contributed by atoms with E-state index in [1.54, 1.807) is 6.92 Å². The van der Waals surface area contributed by atoms with Crippen LogP contribution in [0.25, 0.3) is 0 Å². The SMILES string of the molecule is CCCCCC(CC(C)=O)NC(=O)CC(CC(C)=O)NC(O)CC(CC(C)=O)NC(=O)CC(CC(C)=O)NC(=O)CC(C)CC(C)=O. The summed E-state index contributed by atoms with van der Waals surface area (Å²) in [5.74, 6) is -2.34. The molecular formula is C34H58N4O9. The first-order valence-electron chi connectivity index (χ1n) is 16.7. The van der Waals surface area contributed by atoms with Gasteiger partial charge in [-0.3, -0.25) is 38.9 Å². The summed E-state index contributed by atoms with van der Waals surface area (Å²) in [6, 6.07) is -2.70. The molecule has 0 aromatic carbocycles. The van der Waals surface area contributed by atoms with Crippen molar-refractivity contribution in [2.24, 2.45) is 5.92 Å². The Morgan fingerprint density at radius 2 is 0.915 bits per heavy atom. The van der Waals surface area contributed by atoms with Gasteiger partial charge < -0.3 is 25.9 Å². The molecule has 268 valence electrons. The highest BCUT2D eigenvalue weighted by Crippen LogP contribution is 2.12. The number of ketones is 5. The Bertz CT molecular complexity index is 1080. The van der Waals surface area contributed by atoms with Gasteiger partial charge in [-0.25, -0.2) is 0 Å². The first kappa shape index (κ1) is 43.7. The Morgan fingerprint density at radius 1 is 0.511 bits per heavy atom. The smallest absolute Gasteiger partial charge is 0.222 e. The number of nitrogens with one attached hydrogen (secondary N) is 4. The lowest BCUT2D eigenvalue weighted by Crippen LogP contribution is -2.48. The fraction of sp³-hybridized carbons (Fsp3) is 0.765. The third-order valence-electron chi connectivity index (χ3n) is 7.36. The van der Waals surface area contributed by atoms with Gasteiger partial charge in [0.25, 0.3) is 0 Å². The first-order chi connectivity index (χ1) is 21.9. The summed E-state index contributed by atoms with van der Waals surface area (Å²) in [6.45, 7) is 10.7. The lowest BCUT2D eigenvalue weighted by atomic mass is 10.00. The summed E-state index contributed by atoms with van der Waals surface area (Å²) in [5.41, 5.74) is 0. The minimum Gasteiger partial charge on any atom is -0.379 e. The number of carbonyl (C=O) groups excluding carboxylic acids is 8. The van der Waals surface area contributed by atoms with Crippen molar-refractivity contribution >= 4 is 46.6 Å². The fourth-order valence-electron chi connectivity index (χ4n) is 5.61. The molecule has 0 aliphatic heterocycles. The zero-order valence-electron chi connectivity index (χ0n) is 29.4. The minimum atomic E-state index is -1.30. The van der Waals surface area contributed by atoms with E-state index in [9.17, 15) is 43.5 Å². The molecule has 3 amide bonds. The van der Waals surface area contributed by atoms with E-state index in [4.69, 9.17) is 0 Å². The van der Waals surface area contributed by atoms with Crippen LogP contribution in [0.1, 0.15) is 132 Å². The number of unbranched alkanes of at least 4 members (excludes halogenated alkanes) is 2. The molecule has 0 spiro atoms. The Labute approximate surface area is 279 Å². The molecule has 0 aliphatic carbocycles. The molecule has 0 aromatic rings. The summed E-state index contributed by atoms with van der Waals surface area (Å²) < 4.78 is 0. The molecule has 47 heavy (non-hydrogen) atoms. The van der Waals surface area contributed by atoms with Crippen LogP contribution in [-0.2, 0) is 38.4 Å². The Kier molecular flexibility index (Phi) is 22.2. The van der Waals surface area contributed by atoms with Gasteiger partial charge in [0.1, 0.15) is 35.1 Å². The summed E-state index contributed by atoms with van der Waals surface area (Å²) in [7, 11) is 0. The molecule has 0 radical (unpaired) electrons. The number of amides is 3. The molecule has 13 heteroatoms. The van der Waals surface area contributed by atoms with E-state index in [-0.39, 0.29) is 105 Å². The summed E-state index contributed by atoms with van der Waals surface area (Å²) in [4.78, 5) is 97.3. The second-order valence-corrected chi connectivity index (χ2v) is 13.2. The maximum Gasteiger partial charge on any atom is 0.222 e. The average molecular weight is 667 g/mol. The molecule has 0 bridgehead atoms. The van der Waals surface area contributed by atoms with E-state index in [0.29, 0.717) is 6.42 Å². The van der Waals surface area contributed by atoms with Gasteiger partial charge >= 0.3 is 0 Å². The molecule has 0 saturated heterocycles. The zero-order valence-corrected chi connectivity index (χ0v) is 29.4. The van der Waals surface area contributed by atoms with Gasteiger partial charge in [0.15, 0.2) is 0 Å². The van der Waals surface area contributed by atoms with E-state index in [1.807, 2.05) is 0 Å². The van der Waals surface area contributed by atoms with Crippen molar-refractivity contribution in [3.8, 4) is 0 Å². The number of hydrogen-bond donors (Lipinski definition) is 5. The lowest BCUT2D eigenvalue weighted by molar-refractivity contribution is -0.126. The predicted octanol–water partition coefficient (Wildman–Crippen LogP) is 2.39. The van der Waals surface area contributed by atoms with Gasteiger partial charge in [-0.2, -0.15) is 0 Å². The summed E-state index contributed by atoms with van der Waals surface area (Å²) in [5, 5.41) is 22.0. The second kappa shape index (κ2) is 23.9. The number of aliphatic hydroxyl groups is 1. The quantitative estimate of drug-likeness (QED) is 0.0639. The van der Waals surface area contributed by atoms with Gasteiger partial charge in [0.2, 0.25) is 17.7 Å². The van der Waals surface area contributed by atoms with Crippen molar-refractivity contribution in [1.82, 2.24) is 21.3 Å². The predicted molar refractivity (Wildman–Crippen MR) is 177 cm³/mol. The molecule has 5 N–H and O–H groups in total. The van der Waals surface area contributed by atoms with E-state index in [1.165, 1.54) is 34.6 Å². The monoisotopic (exact) mass is 666 g/mol. The molecule has 0 aliphatic rings. The van der Waals surface area contributed by atoms with Crippen molar-refractivity contribution in [2.45, 2.75) is 162 Å². The van der Waals surface area contributed by atoms with Gasteiger partial charge in [0, 0.05) is 82.0 Å². The topological polar surface area (TPSA) is 205 Å². The van der Waals surface area contributed by atoms with Crippen LogP contribution in [0.3, 0.4) is 0 Å². The maximum atomic E-state index is 13.0. The molecule has 0 saturated carbocycles. The van der Waals surface area contributed by atoms with Crippen LogP contribution in [0.2, 0.25) is 0 Å². The largest absolute Gasteiger partial charge is 0.379 e. The second-order valence-electron chi connectivity index (χ2n) is 13.2. The van der Waals surface area contributed by atoms with Crippen LogP contribution in [-0.4, -0.2) is 82.1 Å².